The van der Waals surface area contributed by atoms with Crippen LogP contribution in [0.25, 0.3) is 0 Å². The Balaban J connectivity index is 2.29. The third-order valence-electron chi connectivity index (χ3n) is 2.19. The molecule has 2 rings (SSSR count). The lowest BCUT2D eigenvalue weighted by Crippen LogP contribution is -2.13. The molecule has 0 aliphatic carbocycles. The Morgan fingerprint density at radius 3 is 2.39 bits per heavy atom. The Morgan fingerprint density at radius 1 is 1.11 bits per heavy atom. The summed E-state index contributed by atoms with van der Waals surface area (Å²) in [4.78, 5) is 3.74. The van der Waals surface area contributed by atoms with Crippen molar-refractivity contribution in [1.29, 1.82) is 5.26 Å². The summed E-state index contributed by atoms with van der Waals surface area (Å²) in [5, 5.41) is 8.59. The van der Waals surface area contributed by atoms with Gasteiger partial charge in [-0.25, -0.2) is 13.4 Å². The number of aromatic nitrogens is 1. The van der Waals surface area contributed by atoms with E-state index in [9.17, 15) is 8.42 Å². The van der Waals surface area contributed by atoms with E-state index in [0.717, 1.165) is 6.20 Å². The number of nitriles is 1. The average Bonchev–Trinajstić information content (AvgIpc) is 2.39. The molecule has 0 saturated heterocycles. The maximum atomic E-state index is 12.0. The van der Waals surface area contributed by atoms with Crippen molar-refractivity contribution in [3.05, 3.63) is 54.4 Å². The lowest BCUT2D eigenvalue weighted by Gasteiger charge is -2.07. The lowest BCUT2D eigenvalue weighted by atomic mass is 10.3. The highest BCUT2D eigenvalue weighted by molar-refractivity contribution is 7.92. The highest BCUT2D eigenvalue weighted by Gasteiger charge is 2.14. The zero-order chi connectivity index (χ0) is 13.0. The van der Waals surface area contributed by atoms with Crippen LogP contribution < -0.4 is 4.72 Å². The van der Waals surface area contributed by atoms with Gasteiger partial charge in [0.2, 0.25) is 0 Å². The molecular formula is C12H9N3O2S. The van der Waals surface area contributed by atoms with Crippen LogP contribution in [-0.2, 0) is 10.0 Å². The van der Waals surface area contributed by atoms with E-state index in [4.69, 9.17) is 5.26 Å². The molecule has 0 fully saturated rings. The van der Waals surface area contributed by atoms with Gasteiger partial charge in [-0.2, -0.15) is 5.26 Å². The minimum absolute atomic E-state index is 0.0188. The van der Waals surface area contributed by atoms with Gasteiger partial charge in [0.15, 0.2) is 0 Å². The van der Waals surface area contributed by atoms with Crippen molar-refractivity contribution in [2.45, 2.75) is 4.90 Å². The van der Waals surface area contributed by atoms with E-state index in [1.165, 1.54) is 12.1 Å². The Morgan fingerprint density at radius 2 is 1.83 bits per heavy atom. The summed E-state index contributed by atoms with van der Waals surface area (Å²) in [6.07, 6.45) is 1.16. The third kappa shape index (κ3) is 2.64. The molecule has 5 nitrogen and oxygen atoms in total. The topological polar surface area (TPSA) is 82.8 Å². The van der Waals surface area contributed by atoms with Gasteiger partial charge in [0.1, 0.15) is 16.7 Å². The minimum atomic E-state index is -3.66. The largest absolute Gasteiger partial charge is 0.280 e. The molecule has 0 unspecified atom stereocenters. The molecule has 0 radical (unpaired) electrons. The number of nitrogens with zero attached hydrogens (tertiary/aromatic N) is 2. The van der Waals surface area contributed by atoms with E-state index in [1.54, 1.807) is 30.3 Å². The summed E-state index contributed by atoms with van der Waals surface area (Å²) in [5.41, 5.74) is 0.649. The van der Waals surface area contributed by atoms with E-state index in [-0.39, 0.29) is 10.6 Å². The van der Waals surface area contributed by atoms with Crippen molar-refractivity contribution in [1.82, 2.24) is 4.98 Å². The van der Waals surface area contributed by atoms with Gasteiger partial charge in [-0.1, -0.05) is 18.2 Å². The molecule has 0 spiro atoms. The average molecular weight is 259 g/mol. The fourth-order valence-corrected chi connectivity index (χ4v) is 2.33. The molecule has 1 aromatic heterocycles. The Kier molecular flexibility index (Phi) is 3.26. The van der Waals surface area contributed by atoms with Crippen molar-refractivity contribution >= 4 is 15.7 Å². The number of benzene rings is 1. The predicted octanol–water partition coefficient (Wildman–Crippen LogP) is 1.75. The number of para-hydroxylation sites is 1. The fourth-order valence-electron chi connectivity index (χ4n) is 1.33. The molecule has 0 saturated carbocycles. The molecule has 0 amide bonds. The summed E-state index contributed by atoms with van der Waals surface area (Å²) in [6, 6.07) is 13.1. The van der Waals surface area contributed by atoms with Crippen molar-refractivity contribution < 1.29 is 8.42 Å². The van der Waals surface area contributed by atoms with Gasteiger partial charge in [0.25, 0.3) is 10.0 Å². The normalized spacial score (nSPS) is 10.6. The molecule has 1 aromatic carbocycles. The maximum absolute atomic E-state index is 12.0. The summed E-state index contributed by atoms with van der Waals surface area (Å²) in [6.45, 7) is 0. The highest BCUT2D eigenvalue weighted by Crippen LogP contribution is 2.14. The van der Waals surface area contributed by atoms with Crippen LogP contribution in [0.1, 0.15) is 5.69 Å². The van der Waals surface area contributed by atoms with E-state index < -0.39 is 10.0 Å². The molecule has 1 heterocycles. The Bertz CT molecular complexity index is 674. The van der Waals surface area contributed by atoms with Gasteiger partial charge in [-0.15, -0.1) is 0 Å². The quantitative estimate of drug-likeness (QED) is 0.910. The van der Waals surface area contributed by atoms with Crippen LogP contribution in [-0.4, -0.2) is 13.4 Å². The second kappa shape index (κ2) is 4.85. The van der Waals surface area contributed by atoms with Crippen molar-refractivity contribution in [3.63, 3.8) is 0 Å². The van der Waals surface area contributed by atoms with Crippen LogP contribution >= 0.6 is 0 Å². The number of hydrogen-bond acceptors (Lipinski definition) is 4. The molecule has 1 N–H and O–H groups in total. The first-order valence-electron chi connectivity index (χ1n) is 5.06. The summed E-state index contributed by atoms with van der Waals surface area (Å²) in [5.74, 6) is 0. The molecule has 6 heteroatoms. The zero-order valence-corrected chi connectivity index (χ0v) is 10.1. The SMILES string of the molecule is N#Cc1ccc(S(=O)(=O)Nc2ccccc2)cn1. The van der Waals surface area contributed by atoms with Crippen molar-refractivity contribution in [3.8, 4) is 6.07 Å². The molecule has 0 bridgehead atoms. The highest BCUT2D eigenvalue weighted by atomic mass is 32.2. The Labute approximate surface area is 105 Å². The second-order valence-electron chi connectivity index (χ2n) is 3.46. The summed E-state index contributed by atoms with van der Waals surface area (Å²) in [7, 11) is -3.66. The van der Waals surface area contributed by atoms with Gasteiger partial charge in [-0.3, -0.25) is 4.72 Å². The van der Waals surface area contributed by atoms with Gasteiger partial charge < -0.3 is 0 Å². The van der Waals surface area contributed by atoms with Crippen LogP contribution in [0, 0.1) is 11.3 Å². The van der Waals surface area contributed by atoms with Crippen LogP contribution in [0.15, 0.2) is 53.6 Å². The minimum Gasteiger partial charge on any atom is -0.280 e. The smallest absolute Gasteiger partial charge is 0.263 e. The number of rotatable bonds is 3. The molecule has 18 heavy (non-hydrogen) atoms. The number of hydrogen-bond donors (Lipinski definition) is 1. The van der Waals surface area contributed by atoms with Gasteiger partial charge >= 0.3 is 0 Å². The molecule has 0 aliphatic rings. The van der Waals surface area contributed by atoms with Crippen LogP contribution in [0.2, 0.25) is 0 Å². The molecule has 0 atom stereocenters. The lowest BCUT2D eigenvalue weighted by molar-refractivity contribution is 0.601. The molecule has 0 aliphatic heterocycles. The Hall–Kier alpha value is -2.39. The molecular weight excluding hydrogens is 250 g/mol. The number of anilines is 1. The molecule has 90 valence electrons. The van der Waals surface area contributed by atoms with Gasteiger partial charge in [0, 0.05) is 11.9 Å². The van der Waals surface area contributed by atoms with Gasteiger partial charge in [0.05, 0.1) is 0 Å². The van der Waals surface area contributed by atoms with E-state index in [1.807, 2.05) is 6.07 Å². The monoisotopic (exact) mass is 259 g/mol. The second-order valence-corrected chi connectivity index (χ2v) is 5.14. The standard InChI is InChI=1S/C12H9N3O2S/c13-8-11-6-7-12(9-14-11)18(16,17)15-10-4-2-1-3-5-10/h1-7,9,15H. The van der Waals surface area contributed by atoms with Crippen molar-refractivity contribution in [2.75, 3.05) is 4.72 Å². The van der Waals surface area contributed by atoms with E-state index >= 15 is 0 Å². The summed E-state index contributed by atoms with van der Waals surface area (Å²) >= 11 is 0. The fraction of sp³-hybridized carbons (Fsp3) is 0. The van der Waals surface area contributed by atoms with Crippen molar-refractivity contribution in [2.24, 2.45) is 0 Å². The first-order valence-corrected chi connectivity index (χ1v) is 6.54. The van der Waals surface area contributed by atoms with Crippen LogP contribution in [0.3, 0.4) is 0 Å². The van der Waals surface area contributed by atoms with E-state index in [0.29, 0.717) is 5.69 Å². The first-order chi connectivity index (χ1) is 8.62. The van der Waals surface area contributed by atoms with E-state index in [2.05, 4.69) is 9.71 Å². The number of nitrogens with one attached hydrogen (secondary N) is 1. The summed E-state index contributed by atoms with van der Waals surface area (Å²) < 4.78 is 26.4. The van der Waals surface area contributed by atoms with Gasteiger partial charge in [-0.05, 0) is 24.3 Å². The maximum Gasteiger partial charge on any atom is 0.263 e. The first kappa shape index (κ1) is 12.1. The molecule has 2 aromatic rings. The number of pyridine rings is 1. The predicted molar refractivity (Wildman–Crippen MR) is 66.2 cm³/mol. The van der Waals surface area contributed by atoms with Crippen LogP contribution in [0.5, 0.6) is 0 Å². The third-order valence-corrected chi connectivity index (χ3v) is 3.55. The zero-order valence-electron chi connectivity index (χ0n) is 9.24. The van der Waals surface area contributed by atoms with Crippen LogP contribution in [0.4, 0.5) is 5.69 Å². The number of sulfonamides is 1.